The number of carbonyl (C=O) groups excluding carboxylic acids is 2. The number of hydrogen-bond acceptors (Lipinski definition) is 2. The lowest BCUT2D eigenvalue weighted by atomic mass is 10.2. The minimum absolute atomic E-state index is 0.0367. The van der Waals surface area contributed by atoms with Crippen LogP contribution >= 0.6 is 0 Å². The van der Waals surface area contributed by atoms with E-state index in [1.54, 1.807) is 0 Å². The van der Waals surface area contributed by atoms with Crippen molar-refractivity contribution in [2.75, 3.05) is 16.8 Å². The van der Waals surface area contributed by atoms with Gasteiger partial charge in [0.05, 0.1) is 5.56 Å². The number of halogens is 5. The van der Waals surface area contributed by atoms with Crippen LogP contribution in [0.2, 0.25) is 0 Å². The topological polar surface area (TPSA) is 49.4 Å². The molecule has 9 heteroatoms. The van der Waals surface area contributed by atoms with E-state index in [2.05, 4.69) is 0 Å². The molecular formula is C17H13F5N2O2. The van der Waals surface area contributed by atoms with Crippen molar-refractivity contribution in [2.24, 2.45) is 0 Å². The first kappa shape index (κ1) is 19.4. The number of hydrogen-bond donors (Lipinski definition) is 1. The molecular weight excluding hydrogens is 359 g/mol. The van der Waals surface area contributed by atoms with Gasteiger partial charge in [0.25, 0.3) is 0 Å². The van der Waals surface area contributed by atoms with Crippen LogP contribution in [0.5, 0.6) is 0 Å². The Hall–Kier alpha value is -2.97. The molecule has 0 aliphatic rings. The number of nitrogens with zero attached hydrogens (tertiary/aromatic N) is 1. The predicted molar refractivity (Wildman–Crippen MR) is 84.5 cm³/mol. The second-order valence-corrected chi connectivity index (χ2v) is 5.29. The van der Waals surface area contributed by atoms with Gasteiger partial charge in [-0.15, -0.1) is 0 Å². The molecule has 0 aliphatic heterocycles. The molecule has 0 aromatic heterocycles. The van der Waals surface area contributed by atoms with Crippen LogP contribution in [0.4, 0.5) is 33.3 Å². The van der Waals surface area contributed by atoms with Crippen molar-refractivity contribution in [3.05, 3.63) is 59.7 Å². The molecule has 0 heterocycles. The van der Waals surface area contributed by atoms with E-state index in [-0.39, 0.29) is 5.69 Å². The molecule has 2 aromatic carbocycles. The highest BCUT2D eigenvalue weighted by molar-refractivity contribution is 6.01. The monoisotopic (exact) mass is 372 g/mol. The maximum absolute atomic E-state index is 13.5. The van der Waals surface area contributed by atoms with Crippen molar-refractivity contribution in [3.63, 3.8) is 0 Å². The second-order valence-electron chi connectivity index (χ2n) is 5.29. The summed E-state index contributed by atoms with van der Waals surface area (Å²) in [6.45, 7) is 0.475. The molecule has 1 N–H and O–H groups in total. The molecule has 0 unspecified atom stereocenters. The Morgan fingerprint density at radius 3 is 2.00 bits per heavy atom. The lowest BCUT2D eigenvalue weighted by Crippen LogP contribution is -2.37. The minimum atomic E-state index is -4.54. The summed E-state index contributed by atoms with van der Waals surface area (Å²) < 4.78 is 64.9. The SMILES string of the molecule is CC(=O)N(CC(=O)Nc1c(F)cccc1F)c1ccc(C(F)(F)F)cc1. The van der Waals surface area contributed by atoms with Crippen LogP contribution in [0.3, 0.4) is 0 Å². The van der Waals surface area contributed by atoms with Crippen molar-refractivity contribution >= 4 is 23.2 Å². The van der Waals surface area contributed by atoms with E-state index in [4.69, 9.17) is 0 Å². The van der Waals surface area contributed by atoms with Crippen LogP contribution in [0.1, 0.15) is 12.5 Å². The third kappa shape index (κ3) is 4.56. The van der Waals surface area contributed by atoms with E-state index in [0.717, 1.165) is 54.3 Å². The molecule has 0 aliphatic carbocycles. The Morgan fingerprint density at radius 2 is 1.54 bits per heavy atom. The quantitative estimate of drug-likeness (QED) is 0.826. The van der Waals surface area contributed by atoms with Crippen molar-refractivity contribution in [1.29, 1.82) is 0 Å². The summed E-state index contributed by atoms with van der Waals surface area (Å²) in [7, 11) is 0. The highest BCUT2D eigenvalue weighted by Crippen LogP contribution is 2.30. The van der Waals surface area contributed by atoms with Crippen molar-refractivity contribution in [3.8, 4) is 0 Å². The van der Waals surface area contributed by atoms with E-state index in [1.165, 1.54) is 0 Å². The molecule has 2 amide bonds. The number of para-hydroxylation sites is 1. The molecule has 2 aromatic rings. The minimum Gasteiger partial charge on any atom is -0.320 e. The number of alkyl halides is 3. The molecule has 0 bridgehead atoms. The molecule has 2 rings (SSSR count). The molecule has 26 heavy (non-hydrogen) atoms. The molecule has 0 saturated heterocycles. The zero-order valence-corrected chi connectivity index (χ0v) is 13.4. The normalized spacial score (nSPS) is 11.2. The van der Waals surface area contributed by atoms with Gasteiger partial charge in [-0.1, -0.05) is 6.07 Å². The number of rotatable bonds is 4. The first-order valence-electron chi connectivity index (χ1n) is 7.29. The molecule has 0 radical (unpaired) electrons. The van der Waals surface area contributed by atoms with E-state index in [0.29, 0.717) is 0 Å². The molecule has 0 spiro atoms. The van der Waals surface area contributed by atoms with Crippen molar-refractivity contribution in [1.82, 2.24) is 0 Å². The third-order valence-electron chi connectivity index (χ3n) is 3.42. The predicted octanol–water partition coefficient (Wildman–Crippen LogP) is 3.98. The lowest BCUT2D eigenvalue weighted by Gasteiger charge is -2.21. The van der Waals surface area contributed by atoms with Gasteiger partial charge in [-0.2, -0.15) is 13.2 Å². The average Bonchev–Trinajstić information content (AvgIpc) is 2.55. The van der Waals surface area contributed by atoms with Crippen molar-refractivity contribution < 1.29 is 31.5 Å². The Labute approximate surface area is 145 Å². The van der Waals surface area contributed by atoms with Crippen LogP contribution < -0.4 is 10.2 Å². The van der Waals surface area contributed by atoms with Gasteiger partial charge in [-0.3, -0.25) is 9.59 Å². The summed E-state index contributed by atoms with van der Waals surface area (Å²) in [6.07, 6.45) is -4.54. The smallest absolute Gasteiger partial charge is 0.320 e. The summed E-state index contributed by atoms with van der Waals surface area (Å²) in [6, 6.07) is 6.58. The molecule has 0 fully saturated rings. The van der Waals surface area contributed by atoms with Gasteiger partial charge in [0, 0.05) is 12.6 Å². The Kier molecular flexibility index (Phi) is 5.59. The third-order valence-corrected chi connectivity index (χ3v) is 3.42. The van der Waals surface area contributed by atoms with Gasteiger partial charge in [0.2, 0.25) is 11.8 Å². The van der Waals surface area contributed by atoms with Crippen molar-refractivity contribution in [2.45, 2.75) is 13.1 Å². The Morgan fingerprint density at radius 1 is 1.00 bits per heavy atom. The van der Waals surface area contributed by atoms with E-state index >= 15 is 0 Å². The van der Waals surface area contributed by atoms with Crippen LogP contribution in [0, 0.1) is 11.6 Å². The molecule has 138 valence electrons. The number of benzene rings is 2. The van der Waals surface area contributed by atoms with E-state index in [9.17, 15) is 31.5 Å². The van der Waals surface area contributed by atoms with Crippen LogP contribution in [0.25, 0.3) is 0 Å². The fourth-order valence-electron chi connectivity index (χ4n) is 2.15. The summed E-state index contributed by atoms with van der Waals surface area (Å²) in [5, 5.41) is 2.01. The zero-order chi connectivity index (χ0) is 19.5. The highest BCUT2D eigenvalue weighted by atomic mass is 19.4. The first-order valence-corrected chi connectivity index (χ1v) is 7.29. The van der Waals surface area contributed by atoms with E-state index in [1.807, 2.05) is 5.32 Å². The summed E-state index contributed by atoms with van der Waals surface area (Å²) >= 11 is 0. The van der Waals surface area contributed by atoms with Crippen LogP contribution in [-0.4, -0.2) is 18.4 Å². The first-order chi connectivity index (χ1) is 12.1. The van der Waals surface area contributed by atoms with Gasteiger partial charge in [0.15, 0.2) is 0 Å². The lowest BCUT2D eigenvalue weighted by molar-refractivity contribution is -0.137. The molecule has 0 saturated carbocycles. The summed E-state index contributed by atoms with van der Waals surface area (Å²) in [5.74, 6) is -3.54. The zero-order valence-electron chi connectivity index (χ0n) is 13.4. The molecule has 0 atom stereocenters. The second kappa shape index (κ2) is 7.51. The fraction of sp³-hybridized carbons (Fsp3) is 0.176. The van der Waals surface area contributed by atoms with Gasteiger partial charge >= 0.3 is 6.18 Å². The largest absolute Gasteiger partial charge is 0.416 e. The highest BCUT2D eigenvalue weighted by Gasteiger charge is 2.30. The summed E-state index contributed by atoms with van der Waals surface area (Å²) in [5.41, 5.74) is -1.55. The Bertz CT molecular complexity index is 799. The number of carbonyl (C=O) groups is 2. The van der Waals surface area contributed by atoms with E-state index < -0.39 is 47.4 Å². The van der Waals surface area contributed by atoms with Gasteiger partial charge in [0.1, 0.15) is 23.9 Å². The fourth-order valence-corrected chi connectivity index (χ4v) is 2.15. The van der Waals surface area contributed by atoms with Crippen LogP contribution in [0.15, 0.2) is 42.5 Å². The number of amides is 2. The number of anilines is 2. The maximum Gasteiger partial charge on any atom is 0.416 e. The van der Waals surface area contributed by atoms with Gasteiger partial charge in [-0.05, 0) is 36.4 Å². The standard InChI is InChI=1S/C17H13F5N2O2/c1-10(25)24(12-7-5-11(6-8-12)17(20,21)22)9-15(26)23-16-13(18)3-2-4-14(16)19/h2-8H,9H2,1H3,(H,23,26). The number of nitrogens with one attached hydrogen (secondary N) is 1. The Balaban J connectivity index is 2.18. The van der Waals surface area contributed by atoms with Crippen LogP contribution in [-0.2, 0) is 15.8 Å². The molecule has 4 nitrogen and oxygen atoms in total. The van der Waals surface area contributed by atoms with Gasteiger partial charge in [-0.25, -0.2) is 8.78 Å². The maximum atomic E-state index is 13.5. The average molecular weight is 372 g/mol. The van der Waals surface area contributed by atoms with Gasteiger partial charge < -0.3 is 10.2 Å². The summed E-state index contributed by atoms with van der Waals surface area (Å²) in [4.78, 5) is 24.6.